The van der Waals surface area contributed by atoms with Gasteiger partial charge in [-0.05, 0) is 17.7 Å². The normalized spacial score (nSPS) is 10.1. The molecular formula is C31H29Fe2N3O2. The second kappa shape index (κ2) is 15.7. The maximum absolute atomic E-state index is 11.5. The number of nitrogens with zero attached hydrogens (tertiary/aromatic N) is 3. The molecule has 0 radical (unpaired) electrons. The summed E-state index contributed by atoms with van der Waals surface area (Å²) < 4.78 is 6.91. The minimum atomic E-state index is -1.31. The van der Waals surface area contributed by atoms with Gasteiger partial charge in [-0.15, -0.1) is 16.2 Å². The van der Waals surface area contributed by atoms with Crippen LogP contribution in [-0.2, 0) is 46.3 Å². The van der Waals surface area contributed by atoms with Crippen LogP contribution in [0.2, 0.25) is 0 Å². The van der Waals surface area contributed by atoms with Gasteiger partial charge >= 0.3 is 34.1 Å². The average Bonchev–Trinajstić information content (AvgIpc) is 3.76. The van der Waals surface area contributed by atoms with E-state index in [9.17, 15) is 5.11 Å². The summed E-state index contributed by atoms with van der Waals surface area (Å²) in [6, 6.07) is 43.0. The van der Waals surface area contributed by atoms with Crippen molar-refractivity contribution < 1.29 is 44.0 Å². The van der Waals surface area contributed by atoms with Crippen LogP contribution >= 0.6 is 0 Å². The van der Waals surface area contributed by atoms with E-state index in [0.717, 1.165) is 22.4 Å². The van der Waals surface area contributed by atoms with Gasteiger partial charge < -0.3 is 9.84 Å². The fourth-order valence-corrected chi connectivity index (χ4v) is 3.79. The molecule has 0 aliphatic rings. The number of rotatable bonds is 6. The maximum atomic E-state index is 11.5. The first-order valence-electron chi connectivity index (χ1n) is 11.7. The molecule has 6 rings (SSSR count). The van der Waals surface area contributed by atoms with Crippen molar-refractivity contribution in [1.82, 2.24) is 15.0 Å². The van der Waals surface area contributed by atoms with E-state index in [0.29, 0.717) is 12.2 Å². The van der Waals surface area contributed by atoms with Crippen LogP contribution in [0.5, 0.6) is 5.75 Å². The van der Waals surface area contributed by atoms with Gasteiger partial charge in [0.1, 0.15) is 17.0 Å². The van der Waals surface area contributed by atoms with E-state index in [1.54, 1.807) is 18.0 Å². The zero-order valence-corrected chi connectivity index (χ0v) is 23.1. The first-order valence-corrected chi connectivity index (χ1v) is 11.7. The molecule has 38 heavy (non-hydrogen) atoms. The molecule has 5 aromatic carbocycles. The van der Waals surface area contributed by atoms with Gasteiger partial charge in [0.25, 0.3) is 0 Å². The van der Waals surface area contributed by atoms with Crippen molar-refractivity contribution in [3.05, 3.63) is 162 Å². The summed E-state index contributed by atoms with van der Waals surface area (Å²) in [7, 11) is 1.65. The molecule has 1 heterocycles. The Labute approximate surface area is 245 Å². The van der Waals surface area contributed by atoms with Gasteiger partial charge in [-0.25, -0.2) is 53.2 Å². The van der Waals surface area contributed by atoms with E-state index in [1.807, 2.05) is 133 Å². The molecule has 0 saturated heterocycles. The summed E-state index contributed by atoms with van der Waals surface area (Å²) in [4.78, 5) is 0. The smallest absolute Gasteiger partial charge is 0.497 e. The molecule has 7 heteroatoms. The van der Waals surface area contributed by atoms with Crippen molar-refractivity contribution in [2.24, 2.45) is 0 Å². The van der Waals surface area contributed by atoms with Crippen molar-refractivity contribution >= 4 is 0 Å². The Balaban J connectivity index is 0.000000354. The standard InChI is InChI=1S/C21H19N3O2.2C5H5.2Fe/c1-26-19-12-10-16(11-13-19)14-24-15-20(22-23-24)21(25,17-6-2-3-7-17)18-8-4-5-9-18;2*1-2-4-5-3-1;;/h2-13,15,25H,14H2,1H3;2*1-5H;;/q-2;2*-1;2*+2. The second-order valence-corrected chi connectivity index (χ2v) is 8.13. The summed E-state index contributed by atoms with van der Waals surface area (Å²) in [5.41, 5.74) is 1.82. The Hall–Kier alpha value is -3.44. The van der Waals surface area contributed by atoms with Crippen molar-refractivity contribution in [1.29, 1.82) is 0 Å². The summed E-state index contributed by atoms with van der Waals surface area (Å²) in [5.74, 6) is 0.815. The van der Waals surface area contributed by atoms with Crippen molar-refractivity contribution in [2.45, 2.75) is 12.1 Å². The Bertz CT molecular complexity index is 1240. The molecule has 0 fully saturated rings. The molecular weight excluding hydrogens is 558 g/mol. The predicted molar refractivity (Wildman–Crippen MR) is 142 cm³/mol. The average molecular weight is 587 g/mol. The van der Waals surface area contributed by atoms with Crippen LogP contribution < -0.4 is 4.74 Å². The van der Waals surface area contributed by atoms with E-state index in [2.05, 4.69) is 10.3 Å². The summed E-state index contributed by atoms with van der Waals surface area (Å²) in [6.45, 7) is 0.565. The minimum absolute atomic E-state index is 0. The minimum Gasteiger partial charge on any atom is -0.497 e. The molecule has 196 valence electrons. The monoisotopic (exact) mass is 587 g/mol. The first-order chi connectivity index (χ1) is 17.7. The number of aliphatic hydroxyl groups is 1. The number of methoxy groups -OCH3 is 1. The predicted octanol–water partition coefficient (Wildman–Crippen LogP) is 5.86. The third kappa shape index (κ3) is 8.03. The van der Waals surface area contributed by atoms with Crippen LogP contribution in [0.4, 0.5) is 0 Å². The fraction of sp³-hybridized carbons (Fsp3) is 0.0968. The number of aromatic nitrogens is 3. The van der Waals surface area contributed by atoms with Crippen molar-refractivity contribution in [2.75, 3.05) is 7.11 Å². The van der Waals surface area contributed by atoms with Gasteiger partial charge in [0.15, 0.2) is 0 Å². The van der Waals surface area contributed by atoms with E-state index in [1.165, 1.54) is 0 Å². The van der Waals surface area contributed by atoms with E-state index >= 15 is 0 Å². The second-order valence-electron chi connectivity index (χ2n) is 8.13. The Morgan fingerprint density at radius 1 is 0.763 bits per heavy atom. The Morgan fingerprint density at radius 3 is 1.68 bits per heavy atom. The quantitative estimate of drug-likeness (QED) is 0.196. The molecule has 0 saturated carbocycles. The zero-order valence-electron chi connectivity index (χ0n) is 20.9. The van der Waals surface area contributed by atoms with Crippen LogP contribution in [0.15, 0.2) is 140 Å². The largest absolute Gasteiger partial charge is 2.00 e. The van der Waals surface area contributed by atoms with Gasteiger partial charge in [0, 0.05) is 0 Å². The molecule has 6 aromatic rings. The molecule has 0 atom stereocenters. The molecule has 0 unspecified atom stereocenters. The molecule has 0 aliphatic heterocycles. The summed E-state index contributed by atoms with van der Waals surface area (Å²) >= 11 is 0. The van der Waals surface area contributed by atoms with Crippen molar-refractivity contribution in [3.63, 3.8) is 0 Å². The number of benzene rings is 1. The summed E-state index contributed by atoms with van der Waals surface area (Å²) in [5, 5.41) is 20.0. The molecule has 0 amide bonds. The van der Waals surface area contributed by atoms with Gasteiger partial charge in [-0.2, -0.15) is 60.7 Å². The topological polar surface area (TPSA) is 60.2 Å². The molecule has 0 bridgehead atoms. The van der Waals surface area contributed by atoms with Gasteiger partial charge in [-0.3, -0.25) is 0 Å². The van der Waals surface area contributed by atoms with Crippen LogP contribution in [0.1, 0.15) is 22.4 Å². The third-order valence-corrected chi connectivity index (χ3v) is 5.68. The Kier molecular flexibility index (Phi) is 12.7. The fourth-order valence-electron chi connectivity index (χ4n) is 3.79. The maximum Gasteiger partial charge on any atom is 2.00 e. The molecule has 1 N–H and O–H groups in total. The van der Waals surface area contributed by atoms with Crippen LogP contribution in [0, 0.1) is 0 Å². The molecule has 1 aromatic heterocycles. The Morgan fingerprint density at radius 2 is 1.29 bits per heavy atom. The molecule has 0 spiro atoms. The van der Waals surface area contributed by atoms with Crippen LogP contribution in [0.3, 0.4) is 0 Å². The van der Waals surface area contributed by atoms with Crippen LogP contribution in [0.25, 0.3) is 0 Å². The number of ether oxygens (including phenoxy) is 1. The van der Waals surface area contributed by atoms with Gasteiger partial charge in [0.2, 0.25) is 0 Å². The SMILES string of the molecule is COc1ccc(Cn2cc(C(O)(c3ccc[cH-]3)c3ccc[cH-]3)nn2)cc1.[Fe+2].[Fe+2].c1cc[cH-]c1.c1cc[cH-]c1. The van der Waals surface area contributed by atoms with Gasteiger partial charge in [-0.1, -0.05) is 17.3 Å². The van der Waals surface area contributed by atoms with Crippen LogP contribution in [-0.4, -0.2) is 27.2 Å². The molecule has 5 nitrogen and oxygen atoms in total. The van der Waals surface area contributed by atoms with E-state index in [4.69, 9.17) is 4.74 Å². The number of hydrogen-bond acceptors (Lipinski definition) is 4. The third-order valence-electron chi connectivity index (χ3n) is 5.68. The molecule has 0 aliphatic carbocycles. The first kappa shape index (κ1) is 30.8. The van der Waals surface area contributed by atoms with E-state index < -0.39 is 5.60 Å². The zero-order chi connectivity index (χ0) is 25.1. The van der Waals surface area contributed by atoms with Crippen molar-refractivity contribution in [3.8, 4) is 5.75 Å². The van der Waals surface area contributed by atoms with Gasteiger partial charge in [0.05, 0.1) is 19.9 Å². The number of hydrogen-bond donors (Lipinski definition) is 1. The summed E-state index contributed by atoms with van der Waals surface area (Å²) in [6.07, 6.45) is 1.80. The van der Waals surface area contributed by atoms with E-state index in [-0.39, 0.29) is 34.1 Å².